The van der Waals surface area contributed by atoms with Crippen LogP contribution in [0.25, 0.3) is 22.1 Å². The highest BCUT2D eigenvalue weighted by Crippen LogP contribution is 2.27. The van der Waals surface area contributed by atoms with Gasteiger partial charge in [-0.2, -0.15) is 10.1 Å². The average Bonchev–Trinajstić information content (AvgIpc) is 3.17. The molecule has 1 aliphatic carbocycles. The van der Waals surface area contributed by atoms with Crippen LogP contribution >= 0.6 is 0 Å². The van der Waals surface area contributed by atoms with Crippen LogP contribution in [0.2, 0.25) is 0 Å². The molecule has 5 rings (SSSR count). The number of nitrogen functional groups attached to an aromatic ring is 1. The molecule has 8 heteroatoms. The number of nitrogens with two attached hydrogens (primary N) is 1. The molecule has 8 nitrogen and oxygen atoms in total. The van der Waals surface area contributed by atoms with Gasteiger partial charge in [0.25, 0.3) is 6.01 Å². The lowest BCUT2D eigenvalue weighted by molar-refractivity contribution is 0.614. The Bertz CT molecular complexity index is 1160. The molecule has 1 saturated carbocycles. The number of rotatable bonds is 2. The van der Waals surface area contributed by atoms with Gasteiger partial charge in [0.05, 0.1) is 5.39 Å². The Hall–Kier alpha value is -3.60. The molecular weight excluding hydrogens is 318 g/mol. The third-order valence-corrected chi connectivity index (χ3v) is 4.00. The van der Waals surface area contributed by atoms with E-state index < -0.39 is 0 Å². The van der Waals surface area contributed by atoms with Gasteiger partial charge >= 0.3 is 0 Å². The van der Waals surface area contributed by atoms with Crippen LogP contribution in [-0.4, -0.2) is 31.2 Å². The summed E-state index contributed by atoms with van der Waals surface area (Å²) >= 11 is 0. The van der Waals surface area contributed by atoms with Crippen molar-refractivity contribution in [2.75, 3.05) is 11.1 Å². The molecule has 0 unspecified atom stereocenters. The molecule has 0 aliphatic heterocycles. The number of anilines is 2. The van der Waals surface area contributed by atoms with E-state index in [4.69, 9.17) is 10.2 Å². The maximum Gasteiger partial charge on any atom is 0.295 e. The first-order chi connectivity index (χ1) is 12.3. The van der Waals surface area contributed by atoms with Gasteiger partial charge in [-0.25, -0.2) is 9.97 Å². The van der Waals surface area contributed by atoms with Crippen molar-refractivity contribution in [3.63, 3.8) is 0 Å². The summed E-state index contributed by atoms with van der Waals surface area (Å²) in [7, 11) is 0. The Kier molecular flexibility index (Phi) is 2.87. The van der Waals surface area contributed by atoms with Crippen LogP contribution < -0.4 is 11.1 Å². The van der Waals surface area contributed by atoms with Gasteiger partial charge in [0, 0.05) is 11.6 Å². The minimum Gasteiger partial charge on any atom is -0.424 e. The predicted octanol–water partition coefficient (Wildman–Crippen LogP) is 2.05. The minimum atomic E-state index is 0.353. The first-order valence-corrected chi connectivity index (χ1v) is 7.90. The number of hydrogen-bond acceptors (Lipinski definition) is 7. The Balaban J connectivity index is 1.50. The minimum absolute atomic E-state index is 0.353. The summed E-state index contributed by atoms with van der Waals surface area (Å²) in [6.07, 6.45) is 3.72. The number of hydrogen-bond donors (Lipinski definition) is 3. The molecule has 4 aromatic rings. The number of nitrogens with one attached hydrogen (secondary N) is 2. The molecule has 1 aromatic carbocycles. The monoisotopic (exact) mass is 331 g/mol. The van der Waals surface area contributed by atoms with E-state index in [0.717, 1.165) is 16.7 Å². The molecule has 122 valence electrons. The van der Waals surface area contributed by atoms with Crippen LogP contribution in [-0.2, 0) is 0 Å². The fourth-order valence-electron chi connectivity index (χ4n) is 2.57. The number of benzene rings is 1. The molecule has 3 aromatic heterocycles. The topological polar surface area (TPSA) is 119 Å². The molecule has 1 aliphatic rings. The van der Waals surface area contributed by atoms with Crippen LogP contribution in [0.15, 0.2) is 28.9 Å². The number of oxazole rings is 1. The lowest BCUT2D eigenvalue weighted by Crippen LogP contribution is -2.00. The predicted molar refractivity (Wildman–Crippen MR) is 92.7 cm³/mol. The SMILES string of the molecule is Nc1ncnc2[nH]nc(C#Cc3ccc4oc(NC5CC5)nc4c3)c12. The largest absolute Gasteiger partial charge is 0.424 e. The van der Waals surface area contributed by atoms with Crippen LogP contribution in [0, 0.1) is 11.8 Å². The van der Waals surface area contributed by atoms with E-state index >= 15 is 0 Å². The Morgan fingerprint density at radius 1 is 1.24 bits per heavy atom. The number of aromatic amines is 1. The molecule has 1 fully saturated rings. The maximum absolute atomic E-state index is 5.88. The first kappa shape index (κ1) is 13.8. The van der Waals surface area contributed by atoms with Crippen molar-refractivity contribution in [2.45, 2.75) is 18.9 Å². The second-order valence-corrected chi connectivity index (χ2v) is 5.92. The van der Waals surface area contributed by atoms with Crippen LogP contribution in [0.1, 0.15) is 24.1 Å². The third-order valence-electron chi connectivity index (χ3n) is 4.00. The van der Waals surface area contributed by atoms with Gasteiger partial charge in [0.2, 0.25) is 0 Å². The van der Waals surface area contributed by atoms with Crippen molar-refractivity contribution in [3.8, 4) is 11.8 Å². The van der Waals surface area contributed by atoms with Crippen molar-refractivity contribution in [1.29, 1.82) is 0 Å². The van der Waals surface area contributed by atoms with E-state index in [1.807, 2.05) is 18.2 Å². The normalized spacial score (nSPS) is 13.8. The van der Waals surface area contributed by atoms with Gasteiger partial charge in [0.15, 0.2) is 11.2 Å². The highest BCUT2D eigenvalue weighted by molar-refractivity contribution is 5.90. The van der Waals surface area contributed by atoms with Crippen LogP contribution in [0.4, 0.5) is 11.8 Å². The van der Waals surface area contributed by atoms with E-state index in [2.05, 4.69) is 42.3 Å². The maximum atomic E-state index is 5.88. The molecule has 0 saturated heterocycles. The Labute approximate surface area is 141 Å². The molecule has 0 atom stereocenters. The van der Waals surface area contributed by atoms with Gasteiger partial charge < -0.3 is 15.5 Å². The average molecular weight is 331 g/mol. The van der Waals surface area contributed by atoms with Crippen LogP contribution in [0.5, 0.6) is 0 Å². The highest BCUT2D eigenvalue weighted by atomic mass is 16.4. The van der Waals surface area contributed by atoms with Crippen molar-refractivity contribution in [1.82, 2.24) is 25.1 Å². The van der Waals surface area contributed by atoms with Crippen molar-refractivity contribution >= 4 is 34.0 Å². The quantitative estimate of drug-likeness (QED) is 0.481. The van der Waals surface area contributed by atoms with Gasteiger partial charge in [-0.15, -0.1) is 0 Å². The zero-order valence-corrected chi connectivity index (χ0v) is 13.1. The van der Waals surface area contributed by atoms with E-state index in [9.17, 15) is 0 Å². The Morgan fingerprint density at radius 3 is 3.04 bits per heavy atom. The summed E-state index contributed by atoms with van der Waals surface area (Å²) in [6, 6.07) is 6.69. The number of H-pyrrole nitrogens is 1. The van der Waals surface area contributed by atoms with Gasteiger partial charge in [-0.1, -0.05) is 5.92 Å². The fourth-order valence-corrected chi connectivity index (χ4v) is 2.57. The van der Waals surface area contributed by atoms with E-state index in [1.54, 1.807) is 0 Å². The number of nitrogens with zero attached hydrogens (tertiary/aromatic N) is 4. The van der Waals surface area contributed by atoms with Crippen molar-refractivity contribution in [3.05, 3.63) is 35.8 Å². The first-order valence-electron chi connectivity index (χ1n) is 7.90. The van der Waals surface area contributed by atoms with E-state index in [-0.39, 0.29) is 0 Å². The van der Waals surface area contributed by atoms with Crippen LogP contribution in [0.3, 0.4) is 0 Å². The summed E-state index contributed by atoms with van der Waals surface area (Å²) < 4.78 is 5.68. The van der Waals surface area contributed by atoms with Gasteiger partial charge in [-0.3, -0.25) is 5.10 Å². The second-order valence-electron chi connectivity index (χ2n) is 5.92. The smallest absolute Gasteiger partial charge is 0.295 e. The molecule has 0 radical (unpaired) electrons. The second kappa shape index (κ2) is 5.21. The van der Waals surface area contributed by atoms with Crippen molar-refractivity contribution in [2.24, 2.45) is 0 Å². The summed E-state index contributed by atoms with van der Waals surface area (Å²) in [6.45, 7) is 0. The van der Waals surface area contributed by atoms with Crippen molar-refractivity contribution < 1.29 is 4.42 Å². The van der Waals surface area contributed by atoms with E-state index in [1.165, 1.54) is 19.2 Å². The lowest BCUT2D eigenvalue weighted by Gasteiger charge is -1.93. The standard InChI is InChI=1S/C17H13N7O/c18-15-14-11(23-24-16(14)20-8-19-15)5-1-9-2-6-13-12(7-9)22-17(25-13)21-10-3-4-10/h2,6-8,10H,3-4H2,(H,21,22)(H3,18,19,20,23,24). The summed E-state index contributed by atoms with van der Waals surface area (Å²) in [5.74, 6) is 6.44. The number of fused-ring (bicyclic) bond motifs is 2. The third kappa shape index (κ3) is 2.52. The number of aromatic nitrogens is 5. The van der Waals surface area contributed by atoms with Gasteiger partial charge in [0.1, 0.15) is 23.4 Å². The summed E-state index contributed by atoms with van der Waals surface area (Å²) in [5, 5.41) is 10.8. The summed E-state index contributed by atoms with van der Waals surface area (Å²) in [4.78, 5) is 12.5. The molecule has 4 N–H and O–H groups in total. The molecular formula is C17H13N7O. The van der Waals surface area contributed by atoms with Gasteiger partial charge in [-0.05, 0) is 37.0 Å². The molecule has 0 spiro atoms. The van der Waals surface area contributed by atoms with E-state index in [0.29, 0.717) is 34.6 Å². The fraction of sp³-hybridized carbons (Fsp3) is 0.176. The lowest BCUT2D eigenvalue weighted by atomic mass is 10.2. The molecule has 0 bridgehead atoms. The zero-order chi connectivity index (χ0) is 16.8. The highest BCUT2D eigenvalue weighted by Gasteiger charge is 2.23. The summed E-state index contributed by atoms with van der Waals surface area (Å²) in [5.41, 5.74) is 9.28. The molecule has 0 amide bonds. The molecule has 25 heavy (non-hydrogen) atoms. The zero-order valence-electron chi connectivity index (χ0n) is 13.1. The Morgan fingerprint density at radius 2 is 2.16 bits per heavy atom. The molecule has 3 heterocycles.